The summed E-state index contributed by atoms with van der Waals surface area (Å²) >= 11 is 0. The monoisotopic (exact) mass is 919 g/mol. The summed E-state index contributed by atoms with van der Waals surface area (Å²) in [6.07, 6.45) is 61.3. The summed E-state index contributed by atoms with van der Waals surface area (Å²) < 4.78 is 0. The number of hydrogen-bond acceptors (Lipinski definition) is 4. The van der Waals surface area contributed by atoms with Crippen LogP contribution in [0.5, 0.6) is 0 Å². The molecule has 3 N–H and O–H groups in total. The molecule has 8 nitrogen and oxygen atoms in total. The van der Waals surface area contributed by atoms with Gasteiger partial charge in [-0.15, -0.1) is 0 Å². The highest BCUT2D eigenvalue weighted by Gasteiger charge is 2.26. The van der Waals surface area contributed by atoms with Crippen molar-refractivity contribution in [3.05, 3.63) is 0 Å². The Kier molecular flexibility index (Phi) is 52.9. The molecule has 0 bridgehead atoms. The predicted octanol–water partition coefficient (Wildman–Crippen LogP) is 19.1. The zero-order valence-electron chi connectivity index (χ0n) is 44.1. The van der Waals surface area contributed by atoms with E-state index in [9.17, 15) is 14.4 Å². The van der Waals surface area contributed by atoms with E-state index in [4.69, 9.17) is 4.84 Å². The summed E-state index contributed by atoms with van der Waals surface area (Å²) in [6, 6.07) is -1.37. The minimum absolute atomic E-state index is 0.449. The zero-order valence-corrected chi connectivity index (χ0v) is 44.1. The van der Waals surface area contributed by atoms with Crippen LogP contribution >= 0.6 is 0 Å². The first-order chi connectivity index (χ1) is 32.1. The van der Waals surface area contributed by atoms with Gasteiger partial charge in [0, 0.05) is 19.6 Å². The molecule has 0 fully saturated rings. The summed E-state index contributed by atoms with van der Waals surface area (Å²) in [4.78, 5) is 44.4. The third-order valence-corrected chi connectivity index (χ3v) is 13.5. The van der Waals surface area contributed by atoms with Gasteiger partial charge in [0.15, 0.2) is 0 Å². The second kappa shape index (κ2) is 54.6. The first kappa shape index (κ1) is 63.0. The average Bonchev–Trinajstić information content (AvgIpc) is 3.31. The molecule has 0 aromatic heterocycles. The summed E-state index contributed by atoms with van der Waals surface area (Å²) in [5, 5.41) is 8.99. The van der Waals surface area contributed by atoms with Gasteiger partial charge in [-0.05, 0) is 19.3 Å². The Labute approximate surface area is 405 Å². The van der Waals surface area contributed by atoms with Crippen LogP contribution in [-0.2, 0) is 4.84 Å². The van der Waals surface area contributed by atoms with Gasteiger partial charge in [0.25, 0.3) is 0 Å². The summed E-state index contributed by atoms with van der Waals surface area (Å²) in [7, 11) is 0. The van der Waals surface area contributed by atoms with Crippen molar-refractivity contribution in [1.29, 1.82) is 0 Å². The first-order valence-electron chi connectivity index (χ1n) is 29.4. The Bertz CT molecular complexity index is 931. The number of nitrogens with zero attached hydrogens (tertiary/aromatic N) is 1. The van der Waals surface area contributed by atoms with Gasteiger partial charge in [-0.2, -0.15) is 0 Å². The Balaban J connectivity index is 4.31. The van der Waals surface area contributed by atoms with Gasteiger partial charge in [0.05, 0.1) is 0 Å². The lowest BCUT2D eigenvalue weighted by Gasteiger charge is -2.20. The molecule has 0 heterocycles. The Morgan fingerprint density at radius 1 is 0.262 bits per heavy atom. The quantitative estimate of drug-likeness (QED) is 0.0418. The Morgan fingerprint density at radius 3 is 0.631 bits per heavy atom. The molecule has 0 spiro atoms. The van der Waals surface area contributed by atoms with Crippen molar-refractivity contribution in [2.24, 2.45) is 0 Å². The molecule has 5 amide bonds. The molecule has 0 aromatic rings. The second-order valence-electron chi connectivity index (χ2n) is 20.0. The highest BCUT2D eigenvalue weighted by molar-refractivity contribution is 5.93. The molecule has 0 aliphatic heterocycles. The van der Waals surface area contributed by atoms with E-state index in [-0.39, 0.29) is 0 Å². The van der Waals surface area contributed by atoms with Crippen LogP contribution in [0.4, 0.5) is 14.4 Å². The van der Waals surface area contributed by atoms with Crippen molar-refractivity contribution < 1.29 is 19.2 Å². The molecule has 0 aliphatic rings. The van der Waals surface area contributed by atoms with Gasteiger partial charge >= 0.3 is 18.2 Å². The summed E-state index contributed by atoms with van der Waals surface area (Å²) in [6.45, 7) is 8.20. The van der Waals surface area contributed by atoms with Gasteiger partial charge in [-0.25, -0.2) is 14.4 Å². The summed E-state index contributed by atoms with van der Waals surface area (Å²) in [5.41, 5.74) is 0. The average molecular weight is 920 g/mol. The SMILES string of the molecule is CCCCCCCCCCCCCCCCCCNC(=O)ON(C(=O)NCCCCCCCCCCCCCCCCCC)C(=O)NCCCCCCCCCCCCCCCCCC. The fourth-order valence-corrected chi connectivity index (χ4v) is 9.03. The van der Waals surface area contributed by atoms with E-state index >= 15 is 0 Å². The normalized spacial score (nSPS) is 11.2. The number of carbonyl (C=O) groups excluding carboxylic acids is 3. The van der Waals surface area contributed by atoms with Gasteiger partial charge in [-0.3, -0.25) is 0 Å². The second-order valence-corrected chi connectivity index (χ2v) is 20.0. The van der Waals surface area contributed by atoms with Crippen LogP contribution in [-0.4, -0.2) is 42.9 Å². The minimum Gasteiger partial charge on any atom is -0.335 e. The Morgan fingerprint density at radius 2 is 0.431 bits per heavy atom. The third-order valence-electron chi connectivity index (χ3n) is 13.5. The van der Waals surface area contributed by atoms with Crippen molar-refractivity contribution >= 4 is 18.2 Å². The number of rotatable bonds is 51. The first-order valence-corrected chi connectivity index (χ1v) is 29.4. The fourth-order valence-electron chi connectivity index (χ4n) is 9.03. The topological polar surface area (TPSA) is 99.8 Å². The molecular weight excluding hydrogens is 805 g/mol. The van der Waals surface area contributed by atoms with Crippen LogP contribution in [0.2, 0.25) is 0 Å². The molecule has 0 unspecified atom stereocenters. The lowest BCUT2D eigenvalue weighted by Crippen LogP contribution is -2.51. The van der Waals surface area contributed by atoms with Crippen molar-refractivity contribution in [1.82, 2.24) is 21.0 Å². The number of hydroxylamine groups is 2. The lowest BCUT2D eigenvalue weighted by atomic mass is 10.0. The third kappa shape index (κ3) is 49.7. The van der Waals surface area contributed by atoms with Crippen LogP contribution in [0.15, 0.2) is 0 Å². The molecular formula is C57H114N4O4. The van der Waals surface area contributed by atoms with E-state index < -0.39 is 18.2 Å². The number of nitrogens with one attached hydrogen (secondary N) is 3. The number of urea groups is 2. The molecule has 0 saturated heterocycles. The number of amides is 5. The molecule has 0 rings (SSSR count). The van der Waals surface area contributed by atoms with Crippen LogP contribution in [0.1, 0.15) is 329 Å². The molecule has 0 atom stereocenters. The lowest BCUT2D eigenvalue weighted by molar-refractivity contribution is -0.0233. The highest BCUT2D eigenvalue weighted by atomic mass is 16.7. The van der Waals surface area contributed by atoms with Crippen LogP contribution in [0.25, 0.3) is 0 Å². The predicted molar refractivity (Wildman–Crippen MR) is 282 cm³/mol. The van der Waals surface area contributed by atoms with Crippen LogP contribution < -0.4 is 16.0 Å². The smallest absolute Gasteiger partial charge is 0.335 e. The van der Waals surface area contributed by atoms with E-state index in [0.29, 0.717) is 24.7 Å². The fraction of sp³-hybridized carbons (Fsp3) is 0.947. The maximum Gasteiger partial charge on any atom is 0.432 e. The van der Waals surface area contributed by atoms with E-state index in [1.165, 1.54) is 250 Å². The largest absolute Gasteiger partial charge is 0.432 e. The van der Waals surface area contributed by atoms with Gasteiger partial charge < -0.3 is 20.8 Å². The van der Waals surface area contributed by atoms with Crippen LogP contribution in [0, 0.1) is 0 Å². The van der Waals surface area contributed by atoms with Gasteiger partial charge in [0.2, 0.25) is 0 Å². The van der Waals surface area contributed by atoms with E-state index in [1.54, 1.807) is 0 Å². The Hall–Kier alpha value is -1.99. The van der Waals surface area contributed by atoms with Crippen molar-refractivity contribution in [2.45, 2.75) is 329 Å². The van der Waals surface area contributed by atoms with Gasteiger partial charge in [-0.1, -0.05) is 315 Å². The maximum absolute atomic E-state index is 13.1. The van der Waals surface area contributed by atoms with Crippen molar-refractivity contribution in [3.63, 3.8) is 0 Å². The number of hydrogen-bond donors (Lipinski definition) is 3. The van der Waals surface area contributed by atoms with E-state index in [0.717, 1.165) is 57.8 Å². The summed E-state index contributed by atoms with van der Waals surface area (Å²) in [5.74, 6) is 0. The number of carbonyl (C=O) groups is 3. The van der Waals surface area contributed by atoms with Crippen LogP contribution in [0.3, 0.4) is 0 Å². The van der Waals surface area contributed by atoms with Crippen molar-refractivity contribution in [3.8, 4) is 0 Å². The highest BCUT2D eigenvalue weighted by Crippen LogP contribution is 2.17. The van der Waals surface area contributed by atoms with E-state index in [1.807, 2.05) is 0 Å². The maximum atomic E-state index is 13.1. The molecule has 0 radical (unpaired) electrons. The van der Waals surface area contributed by atoms with E-state index in [2.05, 4.69) is 36.7 Å². The standard InChI is InChI=1S/C57H114N4O4/c1-4-7-10-13-16-19-22-25-28-31-34-37-40-43-46-49-52-58-55(62)61(56(63)59-53-50-47-44-41-38-35-32-29-26-23-20-17-14-11-8-5-2)65-57(64)60-54-51-48-45-42-39-36-33-30-27-24-21-18-15-12-9-6-3/h4-54H2,1-3H3,(H,58,62)(H,59,63)(H,60,64). The molecule has 0 aliphatic carbocycles. The molecule has 8 heteroatoms. The number of unbranched alkanes of at least 4 members (excludes halogenated alkanes) is 45. The molecule has 0 saturated carbocycles. The van der Waals surface area contributed by atoms with Gasteiger partial charge in [0.1, 0.15) is 0 Å². The minimum atomic E-state index is -0.763. The molecule has 65 heavy (non-hydrogen) atoms. The zero-order chi connectivity index (χ0) is 47.2. The molecule has 386 valence electrons. The number of imide groups is 1. The molecule has 0 aromatic carbocycles. The van der Waals surface area contributed by atoms with Crippen molar-refractivity contribution in [2.75, 3.05) is 19.6 Å².